The lowest BCUT2D eigenvalue weighted by molar-refractivity contribution is -0.138. The first-order valence-electron chi connectivity index (χ1n) is 7.19. The van der Waals surface area contributed by atoms with Crippen LogP contribution in [0.15, 0.2) is 36.7 Å². The van der Waals surface area contributed by atoms with Gasteiger partial charge in [0, 0.05) is 17.9 Å². The Kier molecular flexibility index (Phi) is 3.41. The maximum Gasteiger partial charge on any atom is 0.305 e. The zero-order valence-electron chi connectivity index (χ0n) is 11.7. The Bertz CT molecular complexity index is 651. The summed E-state index contributed by atoms with van der Waals surface area (Å²) in [5, 5.41) is 12.0. The van der Waals surface area contributed by atoms with E-state index in [2.05, 4.69) is 5.32 Å². The molecule has 1 fully saturated rings. The zero-order chi connectivity index (χ0) is 14.9. The van der Waals surface area contributed by atoms with Gasteiger partial charge in [-0.05, 0) is 31.0 Å². The van der Waals surface area contributed by atoms with Crippen molar-refractivity contribution in [1.29, 1.82) is 0 Å². The van der Waals surface area contributed by atoms with Gasteiger partial charge < -0.3 is 14.8 Å². The molecule has 0 aliphatic heterocycles. The van der Waals surface area contributed by atoms with Crippen LogP contribution in [0.3, 0.4) is 0 Å². The van der Waals surface area contributed by atoms with E-state index in [9.17, 15) is 9.59 Å². The number of carbonyl (C=O) groups is 2. The molecular weight excluding hydrogens is 268 g/mol. The topological polar surface area (TPSA) is 70.8 Å². The number of carboxylic acid groups (broad SMARTS) is 1. The smallest absolute Gasteiger partial charge is 0.305 e. The summed E-state index contributed by atoms with van der Waals surface area (Å²) in [7, 11) is 0. The third kappa shape index (κ3) is 2.77. The van der Waals surface area contributed by atoms with E-state index in [1.807, 2.05) is 34.9 Å². The Morgan fingerprint density at radius 3 is 2.71 bits per heavy atom. The summed E-state index contributed by atoms with van der Waals surface area (Å²) in [5.41, 5.74) is 0.927. The highest BCUT2D eigenvalue weighted by atomic mass is 16.4. The predicted molar refractivity (Wildman–Crippen MR) is 78.3 cm³/mol. The second-order valence-corrected chi connectivity index (χ2v) is 5.77. The van der Waals surface area contributed by atoms with Gasteiger partial charge in [-0.25, -0.2) is 0 Å². The highest BCUT2D eigenvalue weighted by Crippen LogP contribution is 2.33. The van der Waals surface area contributed by atoms with Gasteiger partial charge in [0.2, 0.25) is 0 Å². The third-order valence-corrected chi connectivity index (χ3v) is 4.20. The number of aliphatic carboxylic acids is 1. The second-order valence-electron chi connectivity index (χ2n) is 5.77. The molecule has 5 nitrogen and oxygen atoms in total. The van der Waals surface area contributed by atoms with Gasteiger partial charge in [-0.15, -0.1) is 0 Å². The molecule has 1 amide bonds. The molecular formula is C16H18N2O3. The van der Waals surface area contributed by atoms with E-state index in [0.717, 1.165) is 31.2 Å². The van der Waals surface area contributed by atoms with Crippen LogP contribution in [-0.4, -0.2) is 26.9 Å². The molecule has 1 saturated carbocycles. The molecule has 3 rings (SSSR count). The van der Waals surface area contributed by atoms with Crippen LogP contribution in [0.2, 0.25) is 0 Å². The highest BCUT2D eigenvalue weighted by molar-refractivity contribution is 5.96. The van der Waals surface area contributed by atoms with E-state index in [4.69, 9.17) is 5.11 Å². The number of hydrogen-bond acceptors (Lipinski definition) is 2. The quantitative estimate of drug-likeness (QED) is 0.907. The molecule has 2 heterocycles. The summed E-state index contributed by atoms with van der Waals surface area (Å²) < 4.78 is 1.88. The number of carboxylic acids is 1. The maximum atomic E-state index is 12.4. The Morgan fingerprint density at radius 1 is 1.29 bits per heavy atom. The van der Waals surface area contributed by atoms with E-state index in [1.54, 1.807) is 6.20 Å². The summed E-state index contributed by atoms with van der Waals surface area (Å²) in [6, 6.07) is 7.57. The predicted octanol–water partition coefficient (Wildman–Crippen LogP) is 2.46. The average Bonchev–Trinajstić information content (AvgIpc) is 3.04. The fraction of sp³-hybridized carbons (Fsp3) is 0.375. The standard InChI is InChI=1S/C16H18N2O3/c19-14(20)10-16(6-2-3-7-16)17-15(21)12-9-13-5-1-4-8-18(13)11-12/h1,4-5,8-9,11H,2-3,6-7,10H2,(H,17,21)(H,19,20). The number of pyridine rings is 1. The number of amides is 1. The average molecular weight is 286 g/mol. The molecule has 5 heteroatoms. The maximum absolute atomic E-state index is 12.4. The van der Waals surface area contributed by atoms with Crippen molar-refractivity contribution in [3.05, 3.63) is 42.2 Å². The van der Waals surface area contributed by atoms with Crippen molar-refractivity contribution < 1.29 is 14.7 Å². The van der Waals surface area contributed by atoms with E-state index in [0.29, 0.717) is 5.56 Å². The van der Waals surface area contributed by atoms with Crippen molar-refractivity contribution in [3.8, 4) is 0 Å². The van der Waals surface area contributed by atoms with Crippen LogP contribution in [0.25, 0.3) is 5.52 Å². The summed E-state index contributed by atoms with van der Waals surface area (Å²) >= 11 is 0. The van der Waals surface area contributed by atoms with Crippen LogP contribution in [0.4, 0.5) is 0 Å². The van der Waals surface area contributed by atoms with Gasteiger partial charge in [0.05, 0.1) is 17.5 Å². The van der Waals surface area contributed by atoms with Gasteiger partial charge in [0.25, 0.3) is 5.91 Å². The Balaban J connectivity index is 1.82. The molecule has 0 radical (unpaired) electrons. The molecule has 0 aromatic carbocycles. The van der Waals surface area contributed by atoms with Crippen LogP contribution >= 0.6 is 0 Å². The van der Waals surface area contributed by atoms with E-state index in [1.165, 1.54) is 0 Å². The summed E-state index contributed by atoms with van der Waals surface area (Å²) in [6.45, 7) is 0. The molecule has 21 heavy (non-hydrogen) atoms. The summed E-state index contributed by atoms with van der Waals surface area (Å²) in [6.07, 6.45) is 7.04. The van der Waals surface area contributed by atoms with Gasteiger partial charge in [-0.1, -0.05) is 18.9 Å². The normalized spacial score (nSPS) is 17.0. The molecule has 1 aliphatic rings. The number of nitrogens with zero attached hydrogens (tertiary/aromatic N) is 1. The van der Waals surface area contributed by atoms with E-state index < -0.39 is 11.5 Å². The fourth-order valence-corrected chi connectivity index (χ4v) is 3.18. The first-order valence-corrected chi connectivity index (χ1v) is 7.19. The SMILES string of the molecule is O=C(O)CC1(NC(=O)c2cc3ccccn3c2)CCCC1. The Hall–Kier alpha value is -2.30. The molecule has 2 aromatic heterocycles. The first-order chi connectivity index (χ1) is 10.1. The van der Waals surface area contributed by atoms with Crippen LogP contribution < -0.4 is 5.32 Å². The van der Waals surface area contributed by atoms with Crippen LogP contribution in [-0.2, 0) is 4.79 Å². The molecule has 2 N–H and O–H groups in total. The van der Waals surface area contributed by atoms with Crippen LogP contribution in [0, 0.1) is 0 Å². The number of fused-ring (bicyclic) bond motifs is 1. The lowest BCUT2D eigenvalue weighted by Crippen LogP contribution is -2.47. The molecule has 2 aromatic rings. The fourth-order valence-electron chi connectivity index (χ4n) is 3.18. The van der Waals surface area contributed by atoms with Gasteiger partial charge >= 0.3 is 5.97 Å². The van der Waals surface area contributed by atoms with Crippen molar-refractivity contribution in [1.82, 2.24) is 9.72 Å². The first kappa shape index (κ1) is 13.7. The van der Waals surface area contributed by atoms with Gasteiger partial charge in [0.15, 0.2) is 0 Å². The minimum Gasteiger partial charge on any atom is -0.481 e. The monoisotopic (exact) mass is 286 g/mol. The lowest BCUT2D eigenvalue weighted by atomic mass is 9.93. The zero-order valence-corrected chi connectivity index (χ0v) is 11.7. The van der Waals surface area contributed by atoms with Crippen molar-refractivity contribution in [2.75, 3.05) is 0 Å². The molecule has 0 bridgehead atoms. The minimum atomic E-state index is -0.862. The van der Waals surface area contributed by atoms with Crippen LogP contribution in [0.1, 0.15) is 42.5 Å². The van der Waals surface area contributed by atoms with Crippen molar-refractivity contribution >= 4 is 17.4 Å². The van der Waals surface area contributed by atoms with Crippen LogP contribution in [0.5, 0.6) is 0 Å². The van der Waals surface area contributed by atoms with E-state index in [-0.39, 0.29) is 12.3 Å². The largest absolute Gasteiger partial charge is 0.481 e. The lowest BCUT2D eigenvalue weighted by Gasteiger charge is -2.28. The van der Waals surface area contributed by atoms with Crippen molar-refractivity contribution in [3.63, 3.8) is 0 Å². The number of hydrogen-bond donors (Lipinski definition) is 2. The molecule has 0 spiro atoms. The van der Waals surface area contributed by atoms with Gasteiger partial charge in [-0.3, -0.25) is 9.59 Å². The van der Waals surface area contributed by atoms with Gasteiger partial charge in [-0.2, -0.15) is 0 Å². The number of carbonyl (C=O) groups excluding carboxylic acids is 1. The van der Waals surface area contributed by atoms with Crippen molar-refractivity contribution in [2.45, 2.75) is 37.6 Å². The molecule has 1 aliphatic carbocycles. The highest BCUT2D eigenvalue weighted by Gasteiger charge is 2.37. The number of aromatic nitrogens is 1. The number of nitrogens with one attached hydrogen (secondary N) is 1. The summed E-state index contributed by atoms with van der Waals surface area (Å²) in [4.78, 5) is 23.5. The third-order valence-electron chi connectivity index (χ3n) is 4.20. The van der Waals surface area contributed by atoms with Crippen molar-refractivity contribution in [2.24, 2.45) is 0 Å². The molecule has 110 valence electrons. The van der Waals surface area contributed by atoms with E-state index >= 15 is 0 Å². The summed E-state index contributed by atoms with van der Waals surface area (Å²) in [5.74, 6) is -1.05. The Morgan fingerprint density at radius 2 is 2.05 bits per heavy atom. The molecule has 0 atom stereocenters. The Labute approximate surface area is 122 Å². The molecule has 0 unspecified atom stereocenters. The second kappa shape index (κ2) is 5.24. The minimum absolute atomic E-state index is 0.00783. The number of rotatable bonds is 4. The molecule has 0 saturated heterocycles. The van der Waals surface area contributed by atoms with Gasteiger partial charge in [0.1, 0.15) is 0 Å².